The first-order valence-corrected chi connectivity index (χ1v) is 8.01. The van der Waals surface area contributed by atoms with Gasteiger partial charge < -0.3 is 10.0 Å². The van der Waals surface area contributed by atoms with Gasteiger partial charge in [-0.1, -0.05) is 32.9 Å². The quantitative estimate of drug-likeness (QED) is 0.792. The molecule has 1 saturated heterocycles. The van der Waals surface area contributed by atoms with Gasteiger partial charge in [0, 0.05) is 19.6 Å². The molecule has 108 valence electrons. The maximum Gasteiger partial charge on any atom is 0.0558 e. The van der Waals surface area contributed by atoms with E-state index in [4.69, 9.17) is 0 Å². The third-order valence-electron chi connectivity index (χ3n) is 6.60. The van der Waals surface area contributed by atoms with Crippen molar-refractivity contribution in [2.24, 2.45) is 35.0 Å². The molecule has 3 rings (SSSR count). The molecule has 5 atom stereocenters. The standard InChI is InChI=1S/C17H29NO/c1-11(2)13-5-6-17(4)12(3)14-9-18(7-8-19)10-15(17)16(13)14/h11,13-16,19H,3,5-10H2,1-2,4H3/t13-,14+,15+,16?,17+/m1/s1. The van der Waals surface area contributed by atoms with Crippen molar-refractivity contribution in [2.75, 3.05) is 26.2 Å². The molecule has 0 spiro atoms. The monoisotopic (exact) mass is 263 g/mol. The van der Waals surface area contributed by atoms with Crippen LogP contribution in [-0.2, 0) is 0 Å². The van der Waals surface area contributed by atoms with Crippen molar-refractivity contribution >= 4 is 0 Å². The number of aliphatic hydroxyl groups is 1. The predicted octanol–water partition coefficient (Wildman–Crippen LogP) is 2.79. The molecular weight excluding hydrogens is 234 g/mol. The van der Waals surface area contributed by atoms with E-state index in [-0.39, 0.29) is 0 Å². The van der Waals surface area contributed by atoms with Crippen molar-refractivity contribution in [3.8, 4) is 0 Å². The summed E-state index contributed by atoms with van der Waals surface area (Å²) in [4.78, 5) is 2.48. The molecular formula is C17H29NO. The minimum atomic E-state index is 0.293. The van der Waals surface area contributed by atoms with Gasteiger partial charge in [-0.25, -0.2) is 0 Å². The molecule has 0 amide bonds. The topological polar surface area (TPSA) is 23.5 Å². The molecule has 19 heavy (non-hydrogen) atoms. The Morgan fingerprint density at radius 2 is 2.16 bits per heavy atom. The fraction of sp³-hybridized carbons (Fsp3) is 0.882. The van der Waals surface area contributed by atoms with E-state index in [0.29, 0.717) is 17.9 Å². The van der Waals surface area contributed by atoms with Crippen LogP contribution >= 0.6 is 0 Å². The summed E-state index contributed by atoms with van der Waals surface area (Å²) >= 11 is 0. The molecule has 2 aliphatic carbocycles. The lowest BCUT2D eigenvalue weighted by Gasteiger charge is -2.49. The van der Waals surface area contributed by atoms with Crippen LogP contribution in [0.25, 0.3) is 0 Å². The Balaban J connectivity index is 1.91. The van der Waals surface area contributed by atoms with Gasteiger partial charge in [0.1, 0.15) is 0 Å². The van der Waals surface area contributed by atoms with Gasteiger partial charge >= 0.3 is 0 Å². The number of hydrogen-bond acceptors (Lipinski definition) is 2. The maximum atomic E-state index is 9.22. The zero-order valence-electron chi connectivity index (χ0n) is 12.7. The van der Waals surface area contributed by atoms with E-state index in [9.17, 15) is 5.11 Å². The predicted molar refractivity (Wildman–Crippen MR) is 78.8 cm³/mol. The van der Waals surface area contributed by atoms with Crippen molar-refractivity contribution in [1.29, 1.82) is 0 Å². The second-order valence-electron chi connectivity index (χ2n) is 7.66. The summed E-state index contributed by atoms with van der Waals surface area (Å²) in [5, 5.41) is 9.22. The number of rotatable bonds is 3. The molecule has 1 aliphatic heterocycles. The van der Waals surface area contributed by atoms with Crippen LogP contribution in [0.2, 0.25) is 0 Å². The van der Waals surface area contributed by atoms with Crippen molar-refractivity contribution in [3.05, 3.63) is 12.2 Å². The number of likely N-dealkylation sites (tertiary alicyclic amines) is 1. The maximum absolute atomic E-state index is 9.22. The van der Waals surface area contributed by atoms with E-state index >= 15 is 0 Å². The molecule has 2 heteroatoms. The second-order valence-corrected chi connectivity index (χ2v) is 7.66. The first-order valence-electron chi connectivity index (χ1n) is 8.01. The average Bonchev–Trinajstić information content (AvgIpc) is 2.48. The summed E-state index contributed by atoms with van der Waals surface area (Å²) in [6.45, 7) is 15.2. The Morgan fingerprint density at radius 3 is 2.79 bits per heavy atom. The zero-order chi connectivity index (χ0) is 13.8. The van der Waals surface area contributed by atoms with Gasteiger partial charge in [-0.05, 0) is 47.8 Å². The molecule has 0 aromatic carbocycles. The molecule has 0 aromatic heterocycles. The lowest BCUT2D eigenvalue weighted by atomic mass is 9.60. The molecule has 2 saturated carbocycles. The highest BCUT2D eigenvalue weighted by molar-refractivity contribution is 5.29. The molecule has 4 bridgehead atoms. The zero-order valence-corrected chi connectivity index (χ0v) is 12.7. The number of hydrogen-bond donors (Lipinski definition) is 1. The third kappa shape index (κ3) is 1.83. The SMILES string of the molecule is C=C1[C@@H]2CN(CCO)C[C@H]3C2[C@@H](C(C)C)CC[C@@]13C. The summed E-state index contributed by atoms with van der Waals surface area (Å²) in [6, 6.07) is 0. The first-order chi connectivity index (χ1) is 8.99. The number of aliphatic hydroxyl groups excluding tert-OH is 1. The molecule has 0 aromatic rings. The smallest absolute Gasteiger partial charge is 0.0558 e. The van der Waals surface area contributed by atoms with E-state index in [1.165, 1.54) is 25.0 Å². The number of piperidine rings is 1. The van der Waals surface area contributed by atoms with Crippen LogP contribution in [0.15, 0.2) is 12.2 Å². The first kappa shape index (κ1) is 13.6. The van der Waals surface area contributed by atoms with Crippen LogP contribution in [0, 0.1) is 35.0 Å². The minimum absolute atomic E-state index is 0.293. The summed E-state index contributed by atoms with van der Waals surface area (Å²) < 4.78 is 0. The molecule has 2 nitrogen and oxygen atoms in total. The van der Waals surface area contributed by atoms with E-state index in [2.05, 4.69) is 32.3 Å². The van der Waals surface area contributed by atoms with E-state index in [1.54, 1.807) is 0 Å². The van der Waals surface area contributed by atoms with Crippen LogP contribution in [0.1, 0.15) is 33.6 Å². The number of nitrogens with zero attached hydrogens (tertiary/aromatic N) is 1. The van der Waals surface area contributed by atoms with Gasteiger partial charge in [-0.2, -0.15) is 0 Å². The fourth-order valence-corrected chi connectivity index (χ4v) is 5.49. The van der Waals surface area contributed by atoms with Gasteiger partial charge in [0.2, 0.25) is 0 Å². The third-order valence-corrected chi connectivity index (χ3v) is 6.60. The number of β-amino-alcohol motifs (C(OH)–C–C–N with tert-alkyl or cyclic N) is 1. The Kier molecular flexibility index (Phi) is 3.30. The summed E-state index contributed by atoms with van der Waals surface area (Å²) in [6.07, 6.45) is 2.73. The summed E-state index contributed by atoms with van der Waals surface area (Å²) in [5.41, 5.74) is 1.91. The van der Waals surface area contributed by atoms with E-state index in [0.717, 1.165) is 36.8 Å². The molecule has 1 heterocycles. The largest absolute Gasteiger partial charge is 0.395 e. The highest BCUT2D eigenvalue weighted by Crippen LogP contribution is 2.65. The summed E-state index contributed by atoms with van der Waals surface area (Å²) in [7, 11) is 0. The molecule has 1 unspecified atom stereocenters. The lowest BCUT2D eigenvalue weighted by Crippen LogP contribution is -2.50. The van der Waals surface area contributed by atoms with Gasteiger partial charge in [-0.3, -0.25) is 0 Å². The van der Waals surface area contributed by atoms with Gasteiger partial charge in [0.15, 0.2) is 0 Å². The van der Waals surface area contributed by atoms with Crippen molar-refractivity contribution in [3.63, 3.8) is 0 Å². The highest BCUT2D eigenvalue weighted by atomic mass is 16.3. The molecule has 0 radical (unpaired) electrons. The van der Waals surface area contributed by atoms with Gasteiger partial charge in [0.25, 0.3) is 0 Å². The van der Waals surface area contributed by atoms with E-state index < -0.39 is 0 Å². The van der Waals surface area contributed by atoms with Crippen LogP contribution in [0.5, 0.6) is 0 Å². The Morgan fingerprint density at radius 1 is 1.42 bits per heavy atom. The summed E-state index contributed by atoms with van der Waals surface area (Å²) in [5.74, 6) is 4.02. The molecule has 1 N–H and O–H groups in total. The van der Waals surface area contributed by atoms with Crippen LogP contribution in [0.3, 0.4) is 0 Å². The Bertz CT molecular complexity index is 377. The van der Waals surface area contributed by atoms with Crippen LogP contribution in [-0.4, -0.2) is 36.2 Å². The van der Waals surface area contributed by atoms with Crippen molar-refractivity contribution in [1.82, 2.24) is 4.90 Å². The average molecular weight is 263 g/mol. The fourth-order valence-electron chi connectivity index (χ4n) is 5.49. The Hall–Kier alpha value is -0.340. The van der Waals surface area contributed by atoms with Gasteiger partial charge in [-0.15, -0.1) is 0 Å². The van der Waals surface area contributed by atoms with Crippen molar-refractivity contribution < 1.29 is 5.11 Å². The molecule has 3 aliphatic rings. The highest BCUT2D eigenvalue weighted by Gasteiger charge is 2.60. The normalized spacial score (nSPS) is 46.1. The van der Waals surface area contributed by atoms with Crippen LogP contribution in [0.4, 0.5) is 0 Å². The van der Waals surface area contributed by atoms with Gasteiger partial charge in [0.05, 0.1) is 6.61 Å². The minimum Gasteiger partial charge on any atom is -0.395 e. The van der Waals surface area contributed by atoms with Crippen molar-refractivity contribution in [2.45, 2.75) is 33.6 Å². The Labute approximate surface area is 117 Å². The van der Waals surface area contributed by atoms with Crippen LogP contribution < -0.4 is 0 Å². The molecule has 3 fully saturated rings. The second kappa shape index (κ2) is 4.60. The van der Waals surface area contributed by atoms with E-state index in [1.807, 2.05) is 0 Å². The lowest BCUT2D eigenvalue weighted by molar-refractivity contribution is -0.0113.